The maximum atomic E-state index is 13.1. The standard InChI is InChI=1S/C22H24Cl2N2O4/c1-14(22(28)25-2)26(13-16-3-6-17(23)18(24)11-16)21(27)8-5-15-4-7-19-20(12-15)30-10-9-29-19/h3-4,6-7,11-12,14H,5,8-10,13H2,1-2H3,(H,25,28)/t14-/m0/s1. The Balaban J connectivity index is 1.72. The van der Waals surface area contributed by atoms with E-state index in [0.29, 0.717) is 41.2 Å². The molecule has 1 N–H and O–H groups in total. The zero-order chi connectivity index (χ0) is 21.7. The maximum absolute atomic E-state index is 13.1. The molecule has 0 spiro atoms. The van der Waals surface area contributed by atoms with Crippen LogP contribution in [0.15, 0.2) is 36.4 Å². The number of nitrogens with one attached hydrogen (secondary N) is 1. The van der Waals surface area contributed by atoms with E-state index in [1.54, 1.807) is 37.1 Å². The number of aryl methyl sites for hydroxylation is 1. The van der Waals surface area contributed by atoms with E-state index in [1.807, 2.05) is 18.2 Å². The molecule has 0 fully saturated rings. The Kier molecular flexibility index (Phi) is 7.45. The molecule has 1 aliphatic heterocycles. The van der Waals surface area contributed by atoms with E-state index in [1.165, 1.54) is 0 Å². The summed E-state index contributed by atoms with van der Waals surface area (Å²) in [5.74, 6) is 1.04. The zero-order valence-electron chi connectivity index (χ0n) is 16.9. The number of rotatable bonds is 7. The summed E-state index contributed by atoms with van der Waals surface area (Å²) in [7, 11) is 1.55. The van der Waals surface area contributed by atoms with Crippen LogP contribution in [0, 0.1) is 0 Å². The van der Waals surface area contributed by atoms with Gasteiger partial charge in [0.2, 0.25) is 11.8 Å². The molecular formula is C22H24Cl2N2O4. The monoisotopic (exact) mass is 450 g/mol. The van der Waals surface area contributed by atoms with Crippen LogP contribution in [0.5, 0.6) is 11.5 Å². The molecule has 1 heterocycles. The van der Waals surface area contributed by atoms with Crippen molar-refractivity contribution < 1.29 is 19.1 Å². The largest absolute Gasteiger partial charge is 0.486 e. The SMILES string of the molecule is CNC(=O)[C@H](C)N(Cc1ccc(Cl)c(Cl)c1)C(=O)CCc1ccc2c(c1)OCCO2. The van der Waals surface area contributed by atoms with Gasteiger partial charge in [-0.3, -0.25) is 9.59 Å². The van der Waals surface area contributed by atoms with Gasteiger partial charge in [0.05, 0.1) is 10.0 Å². The summed E-state index contributed by atoms with van der Waals surface area (Å²) in [6, 6.07) is 10.2. The molecule has 1 aliphatic rings. The van der Waals surface area contributed by atoms with Crippen molar-refractivity contribution >= 4 is 35.0 Å². The summed E-state index contributed by atoms with van der Waals surface area (Å²) in [5.41, 5.74) is 1.77. The summed E-state index contributed by atoms with van der Waals surface area (Å²) >= 11 is 12.1. The molecule has 0 radical (unpaired) electrons. The second-order valence-electron chi connectivity index (χ2n) is 7.04. The molecule has 2 aromatic rings. The third-order valence-electron chi connectivity index (χ3n) is 4.98. The lowest BCUT2D eigenvalue weighted by atomic mass is 10.1. The van der Waals surface area contributed by atoms with Crippen LogP contribution in [-0.4, -0.2) is 43.0 Å². The van der Waals surface area contributed by atoms with Gasteiger partial charge in [0.1, 0.15) is 19.3 Å². The highest BCUT2D eigenvalue weighted by Crippen LogP contribution is 2.31. The van der Waals surface area contributed by atoms with E-state index in [9.17, 15) is 9.59 Å². The number of benzene rings is 2. The molecule has 2 aromatic carbocycles. The number of amides is 2. The number of hydrogen-bond acceptors (Lipinski definition) is 4. The third kappa shape index (κ3) is 5.37. The van der Waals surface area contributed by atoms with Crippen molar-refractivity contribution in [2.75, 3.05) is 20.3 Å². The fourth-order valence-corrected chi connectivity index (χ4v) is 3.59. The number of hydrogen-bond donors (Lipinski definition) is 1. The summed E-state index contributed by atoms with van der Waals surface area (Å²) in [6.07, 6.45) is 0.774. The van der Waals surface area contributed by atoms with Crippen molar-refractivity contribution in [2.24, 2.45) is 0 Å². The number of halogens is 2. The van der Waals surface area contributed by atoms with Gasteiger partial charge in [-0.05, 0) is 48.7 Å². The van der Waals surface area contributed by atoms with Gasteiger partial charge in [-0.25, -0.2) is 0 Å². The summed E-state index contributed by atoms with van der Waals surface area (Å²) in [5, 5.41) is 3.45. The Hall–Kier alpha value is -2.44. The van der Waals surface area contributed by atoms with E-state index < -0.39 is 6.04 Å². The number of ether oxygens (including phenoxy) is 2. The first-order chi connectivity index (χ1) is 14.4. The minimum Gasteiger partial charge on any atom is -0.486 e. The molecule has 2 amide bonds. The van der Waals surface area contributed by atoms with Crippen LogP contribution in [0.3, 0.4) is 0 Å². The Morgan fingerprint density at radius 2 is 1.73 bits per heavy atom. The normalized spacial score (nSPS) is 13.5. The van der Waals surface area contributed by atoms with Crippen LogP contribution in [0.2, 0.25) is 10.0 Å². The highest BCUT2D eigenvalue weighted by atomic mass is 35.5. The lowest BCUT2D eigenvalue weighted by molar-refractivity contribution is -0.140. The second kappa shape index (κ2) is 10.0. The molecule has 160 valence electrons. The number of carbonyl (C=O) groups is 2. The Bertz CT molecular complexity index is 935. The first-order valence-electron chi connectivity index (χ1n) is 9.72. The van der Waals surface area contributed by atoms with Crippen LogP contribution < -0.4 is 14.8 Å². The summed E-state index contributed by atoms with van der Waals surface area (Å²) in [6.45, 7) is 3.01. The van der Waals surface area contributed by atoms with Gasteiger partial charge < -0.3 is 19.7 Å². The van der Waals surface area contributed by atoms with Crippen molar-refractivity contribution in [3.63, 3.8) is 0 Å². The molecule has 0 bridgehead atoms. The molecule has 0 saturated carbocycles. The smallest absolute Gasteiger partial charge is 0.242 e. The first-order valence-corrected chi connectivity index (χ1v) is 10.5. The Morgan fingerprint density at radius 3 is 2.43 bits per heavy atom. The lowest BCUT2D eigenvalue weighted by Crippen LogP contribution is -2.46. The van der Waals surface area contributed by atoms with Crippen LogP contribution >= 0.6 is 23.2 Å². The fraction of sp³-hybridized carbons (Fsp3) is 0.364. The zero-order valence-corrected chi connectivity index (χ0v) is 18.4. The maximum Gasteiger partial charge on any atom is 0.242 e. The van der Waals surface area contributed by atoms with Crippen LogP contribution in [0.1, 0.15) is 24.5 Å². The topological polar surface area (TPSA) is 67.9 Å². The van der Waals surface area contributed by atoms with Crippen molar-refractivity contribution in [2.45, 2.75) is 32.4 Å². The average Bonchev–Trinajstić information content (AvgIpc) is 2.77. The molecule has 1 atom stereocenters. The van der Waals surface area contributed by atoms with E-state index in [-0.39, 0.29) is 24.8 Å². The third-order valence-corrected chi connectivity index (χ3v) is 5.72. The van der Waals surface area contributed by atoms with Crippen LogP contribution in [0.4, 0.5) is 0 Å². The minimum atomic E-state index is -0.628. The van der Waals surface area contributed by atoms with Gasteiger partial charge in [0.25, 0.3) is 0 Å². The molecular weight excluding hydrogens is 427 g/mol. The van der Waals surface area contributed by atoms with E-state index in [4.69, 9.17) is 32.7 Å². The van der Waals surface area contributed by atoms with Crippen molar-refractivity contribution in [1.29, 1.82) is 0 Å². The lowest BCUT2D eigenvalue weighted by Gasteiger charge is -2.28. The highest BCUT2D eigenvalue weighted by Gasteiger charge is 2.25. The van der Waals surface area contributed by atoms with Gasteiger partial charge in [-0.2, -0.15) is 0 Å². The van der Waals surface area contributed by atoms with Gasteiger partial charge in [0, 0.05) is 20.0 Å². The van der Waals surface area contributed by atoms with E-state index in [0.717, 1.165) is 11.1 Å². The van der Waals surface area contributed by atoms with Crippen molar-refractivity contribution in [3.8, 4) is 11.5 Å². The van der Waals surface area contributed by atoms with E-state index in [2.05, 4.69) is 5.32 Å². The Morgan fingerprint density at radius 1 is 1.03 bits per heavy atom. The Labute approximate surface area is 186 Å². The molecule has 8 heteroatoms. The minimum absolute atomic E-state index is 0.132. The number of fused-ring (bicyclic) bond motifs is 1. The predicted molar refractivity (Wildman–Crippen MR) is 116 cm³/mol. The molecule has 0 saturated heterocycles. The number of nitrogens with zero attached hydrogens (tertiary/aromatic N) is 1. The van der Waals surface area contributed by atoms with Crippen LogP contribution in [0.25, 0.3) is 0 Å². The highest BCUT2D eigenvalue weighted by molar-refractivity contribution is 6.42. The van der Waals surface area contributed by atoms with Crippen molar-refractivity contribution in [1.82, 2.24) is 10.2 Å². The average molecular weight is 451 g/mol. The van der Waals surface area contributed by atoms with Crippen LogP contribution in [-0.2, 0) is 22.6 Å². The van der Waals surface area contributed by atoms with Gasteiger partial charge in [-0.15, -0.1) is 0 Å². The summed E-state index contributed by atoms with van der Waals surface area (Å²) < 4.78 is 11.1. The number of carbonyl (C=O) groups excluding carboxylic acids is 2. The van der Waals surface area contributed by atoms with Crippen molar-refractivity contribution in [3.05, 3.63) is 57.6 Å². The van der Waals surface area contributed by atoms with Gasteiger partial charge in [0.15, 0.2) is 11.5 Å². The quantitative estimate of drug-likeness (QED) is 0.695. The first kappa shape index (κ1) is 22.2. The second-order valence-corrected chi connectivity index (χ2v) is 7.85. The molecule has 0 aliphatic carbocycles. The predicted octanol–water partition coefficient (Wildman–Crippen LogP) is 3.86. The molecule has 30 heavy (non-hydrogen) atoms. The molecule has 3 rings (SSSR count). The summed E-state index contributed by atoms with van der Waals surface area (Å²) in [4.78, 5) is 26.8. The fourth-order valence-electron chi connectivity index (χ4n) is 3.26. The number of likely N-dealkylation sites (N-methyl/N-ethyl adjacent to an activating group) is 1. The molecule has 6 nitrogen and oxygen atoms in total. The van der Waals surface area contributed by atoms with Gasteiger partial charge >= 0.3 is 0 Å². The van der Waals surface area contributed by atoms with Gasteiger partial charge in [-0.1, -0.05) is 35.3 Å². The van der Waals surface area contributed by atoms with E-state index >= 15 is 0 Å². The molecule has 0 aromatic heterocycles. The molecule has 0 unspecified atom stereocenters.